The fraction of sp³-hybridized carbons (Fsp3) is 0.515. The Labute approximate surface area is 267 Å². The van der Waals surface area contributed by atoms with Gasteiger partial charge in [0.25, 0.3) is 0 Å². The number of esters is 1. The van der Waals surface area contributed by atoms with Crippen LogP contribution in [0.25, 0.3) is 16.6 Å². The number of hydrogen-bond donors (Lipinski definition) is 1. The Morgan fingerprint density at radius 3 is 2.48 bits per heavy atom. The Bertz CT molecular complexity index is 1780. The summed E-state index contributed by atoms with van der Waals surface area (Å²) in [6.45, 7) is 13.0. The van der Waals surface area contributed by atoms with Crippen molar-refractivity contribution in [3.63, 3.8) is 0 Å². The van der Waals surface area contributed by atoms with Gasteiger partial charge in [0, 0.05) is 43.8 Å². The molecule has 46 heavy (non-hydrogen) atoms. The number of piperazine rings is 1. The van der Waals surface area contributed by atoms with Crippen molar-refractivity contribution in [3.05, 3.63) is 47.7 Å². The van der Waals surface area contributed by atoms with Crippen LogP contribution >= 0.6 is 0 Å². The molecule has 0 aliphatic carbocycles. The number of nitrogens with one attached hydrogen (secondary N) is 1. The van der Waals surface area contributed by atoms with Crippen molar-refractivity contribution >= 4 is 45.8 Å². The highest BCUT2D eigenvalue weighted by molar-refractivity contribution is 6.10. The van der Waals surface area contributed by atoms with Crippen LogP contribution in [0.1, 0.15) is 76.2 Å². The van der Waals surface area contributed by atoms with Crippen LogP contribution in [0, 0.1) is 12.7 Å². The number of aromatic nitrogens is 4. The smallest absolute Gasteiger partial charge is 0.410 e. The monoisotopic (exact) mass is 635 g/mol. The standard InChI is InChI=1S/C33H42FN7O5/c1-19-15-39-18-22(12-25(34)30(39)35-19)36-29-28-24(31(42)44-7)13-23(14-26(28)41(37-29)27-10-8-9-11-45-27)38-16-20(2)40(21(3)17-38)32(43)46-33(4,5)6/h12-15,18,20-21,27H,8-11,16-17H2,1-7H3,(H,36,37)/t20-,21-,27?/m0/s1. The van der Waals surface area contributed by atoms with Gasteiger partial charge in [0.05, 0.1) is 47.0 Å². The van der Waals surface area contributed by atoms with Crippen LogP contribution in [0.2, 0.25) is 0 Å². The lowest BCUT2D eigenvalue weighted by molar-refractivity contribution is -0.0365. The Kier molecular flexibility index (Phi) is 8.30. The molecule has 2 aliphatic rings. The van der Waals surface area contributed by atoms with E-state index in [0.717, 1.165) is 24.9 Å². The van der Waals surface area contributed by atoms with Gasteiger partial charge >= 0.3 is 12.1 Å². The number of halogens is 1. The van der Waals surface area contributed by atoms with Gasteiger partial charge in [-0.05, 0) is 72.9 Å². The first-order valence-electron chi connectivity index (χ1n) is 15.8. The van der Waals surface area contributed by atoms with Crippen molar-refractivity contribution in [2.24, 2.45) is 0 Å². The molecule has 13 heteroatoms. The summed E-state index contributed by atoms with van der Waals surface area (Å²) < 4.78 is 35.6. The Morgan fingerprint density at radius 2 is 1.83 bits per heavy atom. The van der Waals surface area contributed by atoms with Gasteiger partial charge < -0.3 is 28.8 Å². The number of pyridine rings is 1. The minimum Gasteiger partial charge on any atom is -0.465 e. The van der Waals surface area contributed by atoms with Crippen molar-refractivity contribution in [2.45, 2.75) is 84.7 Å². The van der Waals surface area contributed by atoms with E-state index in [1.165, 1.54) is 13.2 Å². The zero-order chi connectivity index (χ0) is 32.9. The molecule has 1 amide bonds. The number of rotatable bonds is 5. The molecule has 246 valence electrons. The third kappa shape index (κ3) is 6.07. The number of anilines is 3. The molecule has 1 N–H and O–H groups in total. The van der Waals surface area contributed by atoms with Crippen LogP contribution in [0.15, 0.2) is 30.6 Å². The first kappa shape index (κ1) is 31.6. The summed E-state index contributed by atoms with van der Waals surface area (Å²) in [5, 5.41) is 8.73. The lowest BCUT2D eigenvalue weighted by Gasteiger charge is -2.45. The number of amides is 1. The summed E-state index contributed by atoms with van der Waals surface area (Å²) >= 11 is 0. The highest BCUT2D eigenvalue weighted by atomic mass is 19.1. The van der Waals surface area contributed by atoms with Crippen molar-refractivity contribution in [1.29, 1.82) is 0 Å². The molecule has 4 aromatic rings. The van der Waals surface area contributed by atoms with Crippen LogP contribution in [-0.2, 0) is 14.2 Å². The van der Waals surface area contributed by atoms with Gasteiger partial charge in [0.2, 0.25) is 0 Å². The van der Waals surface area contributed by atoms with E-state index in [2.05, 4.69) is 15.2 Å². The predicted molar refractivity (Wildman–Crippen MR) is 172 cm³/mol. The molecule has 1 aromatic carbocycles. The van der Waals surface area contributed by atoms with Crippen molar-refractivity contribution in [3.8, 4) is 0 Å². The van der Waals surface area contributed by atoms with Crippen LogP contribution in [0.5, 0.6) is 0 Å². The van der Waals surface area contributed by atoms with Crippen molar-refractivity contribution in [2.75, 3.05) is 37.0 Å². The number of hydrogen-bond acceptors (Lipinski definition) is 9. The van der Waals surface area contributed by atoms with Gasteiger partial charge in [-0.15, -0.1) is 0 Å². The average Bonchev–Trinajstić information content (AvgIpc) is 3.55. The third-order valence-electron chi connectivity index (χ3n) is 8.41. The Morgan fingerprint density at radius 1 is 1.09 bits per heavy atom. The zero-order valence-corrected chi connectivity index (χ0v) is 27.5. The minimum atomic E-state index is -0.603. The number of methoxy groups -OCH3 is 1. The third-order valence-corrected chi connectivity index (χ3v) is 8.41. The summed E-state index contributed by atoms with van der Waals surface area (Å²) in [5.41, 5.74) is 2.55. The van der Waals surface area contributed by atoms with Gasteiger partial charge in [-0.2, -0.15) is 5.10 Å². The summed E-state index contributed by atoms with van der Waals surface area (Å²) in [6, 6.07) is 4.86. The van der Waals surface area contributed by atoms with Crippen molar-refractivity contribution < 1.29 is 28.2 Å². The topological polar surface area (TPSA) is 115 Å². The second-order valence-electron chi connectivity index (χ2n) is 13.3. The normalized spacial score (nSPS) is 20.7. The summed E-state index contributed by atoms with van der Waals surface area (Å²) in [6.07, 6.45) is 5.48. The molecule has 3 atom stereocenters. The molecule has 0 saturated carbocycles. The van der Waals surface area contributed by atoms with E-state index in [0.29, 0.717) is 53.4 Å². The number of ether oxygens (including phenoxy) is 3. The maximum atomic E-state index is 15.0. The minimum absolute atomic E-state index is 0.156. The van der Waals surface area contributed by atoms with Gasteiger partial charge in [0.15, 0.2) is 23.5 Å². The predicted octanol–water partition coefficient (Wildman–Crippen LogP) is 6.19. The van der Waals surface area contributed by atoms with Gasteiger partial charge in [-0.1, -0.05) is 0 Å². The number of nitrogens with zero attached hydrogens (tertiary/aromatic N) is 6. The van der Waals surface area contributed by atoms with E-state index < -0.39 is 17.4 Å². The molecule has 0 spiro atoms. The second kappa shape index (κ2) is 12.1. The zero-order valence-electron chi connectivity index (χ0n) is 27.5. The summed E-state index contributed by atoms with van der Waals surface area (Å²) in [5.74, 6) is -0.635. The molecule has 0 bridgehead atoms. The highest BCUT2D eigenvalue weighted by Crippen LogP contribution is 2.38. The maximum Gasteiger partial charge on any atom is 0.410 e. The molecule has 12 nitrogen and oxygen atoms in total. The number of imidazole rings is 1. The maximum absolute atomic E-state index is 15.0. The molecular weight excluding hydrogens is 593 g/mol. The molecule has 6 rings (SSSR count). The number of fused-ring (bicyclic) bond motifs is 2. The highest BCUT2D eigenvalue weighted by Gasteiger charge is 2.36. The number of carbonyl (C=O) groups is 2. The van der Waals surface area contributed by atoms with Gasteiger partial charge in [-0.3, -0.25) is 4.90 Å². The molecular formula is C33H42FN7O5. The van der Waals surface area contributed by atoms with E-state index in [-0.39, 0.29) is 30.1 Å². The number of aryl methyl sites for hydroxylation is 1. The summed E-state index contributed by atoms with van der Waals surface area (Å²) in [4.78, 5) is 34.7. The molecule has 1 unspecified atom stereocenters. The molecule has 2 saturated heterocycles. The fourth-order valence-electron chi connectivity index (χ4n) is 6.52. The first-order chi connectivity index (χ1) is 21.8. The van der Waals surface area contributed by atoms with E-state index >= 15 is 4.39 Å². The lowest BCUT2D eigenvalue weighted by Crippen LogP contribution is -2.59. The first-order valence-corrected chi connectivity index (χ1v) is 15.8. The average molecular weight is 636 g/mol. The van der Waals surface area contributed by atoms with Crippen LogP contribution in [0.3, 0.4) is 0 Å². The van der Waals surface area contributed by atoms with Gasteiger partial charge in [-0.25, -0.2) is 23.6 Å². The quantitative estimate of drug-likeness (QED) is 0.256. The Balaban J connectivity index is 1.43. The molecule has 5 heterocycles. The van der Waals surface area contributed by atoms with E-state index in [1.54, 1.807) is 34.7 Å². The summed E-state index contributed by atoms with van der Waals surface area (Å²) in [7, 11) is 1.34. The van der Waals surface area contributed by atoms with E-state index in [4.69, 9.17) is 19.3 Å². The molecule has 0 radical (unpaired) electrons. The van der Waals surface area contributed by atoms with E-state index in [1.807, 2.05) is 45.4 Å². The SMILES string of the molecule is COC(=O)c1cc(N2C[C@H](C)N(C(=O)OC(C)(C)C)[C@@H](C)C2)cc2c1c(Nc1cc(F)c3nc(C)cn3c1)nn2C1CCCCO1. The lowest BCUT2D eigenvalue weighted by atomic mass is 10.0. The number of carbonyl (C=O) groups excluding carboxylic acids is 2. The fourth-order valence-corrected chi connectivity index (χ4v) is 6.52. The van der Waals surface area contributed by atoms with Crippen LogP contribution in [0.4, 0.5) is 26.4 Å². The number of benzene rings is 1. The molecule has 2 fully saturated rings. The van der Waals surface area contributed by atoms with Gasteiger partial charge in [0.1, 0.15) is 5.60 Å². The molecule has 2 aliphatic heterocycles. The van der Waals surface area contributed by atoms with E-state index in [9.17, 15) is 9.59 Å². The van der Waals surface area contributed by atoms with Crippen LogP contribution in [-0.4, -0.2) is 80.6 Å². The Hall–Kier alpha value is -4.39. The second-order valence-corrected chi connectivity index (χ2v) is 13.3. The van der Waals surface area contributed by atoms with Crippen molar-refractivity contribution in [1.82, 2.24) is 24.1 Å². The largest absolute Gasteiger partial charge is 0.465 e. The molecule has 3 aromatic heterocycles. The van der Waals surface area contributed by atoms with Crippen LogP contribution < -0.4 is 10.2 Å².